The van der Waals surface area contributed by atoms with Crippen molar-refractivity contribution in [3.8, 4) is 0 Å². The average molecular weight is 240 g/mol. The highest BCUT2D eigenvalue weighted by Gasteiger charge is 2.19. The highest BCUT2D eigenvalue weighted by Crippen LogP contribution is 2.18. The minimum atomic E-state index is 0.464. The summed E-state index contributed by atoms with van der Waals surface area (Å²) in [7, 11) is 0. The van der Waals surface area contributed by atoms with Gasteiger partial charge in [0.15, 0.2) is 0 Å². The molecule has 0 amide bonds. The topological polar surface area (TPSA) is 15.3 Å². The predicted molar refractivity (Wildman–Crippen MR) is 76.4 cm³/mol. The van der Waals surface area contributed by atoms with Crippen molar-refractivity contribution in [1.29, 1.82) is 0 Å². The molecule has 0 radical (unpaired) electrons. The molecule has 1 heterocycles. The van der Waals surface area contributed by atoms with E-state index in [1.165, 1.54) is 45.4 Å². The minimum Gasteiger partial charge on any atom is -0.314 e. The third kappa shape index (κ3) is 7.05. The Balaban J connectivity index is 2.11. The van der Waals surface area contributed by atoms with Crippen molar-refractivity contribution in [2.24, 2.45) is 11.3 Å². The Kier molecular flexibility index (Phi) is 5.94. The quantitative estimate of drug-likeness (QED) is 0.794. The number of nitrogens with one attached hydrogen (secondary N) is 1. The average Bonchev–Trinajstić information content (AvgIpc) is 2.18. The second-order valence-corrected chi connectivity index (χ2v) is 7.23. The van der Waals surface area contributed by atoms with Gasteiger partial charge in [-0.3, -0.25) is 0 Å². The first-order chi connectivity index (χ1) is 7.87. The van der Waals surface area contributed by atoms with Gasteiger partial charge in [-0.1, -0.05) is 34.6 Å². The zero-order valence-corrected chi connectivity index (χ0v) is 12.6. The monoisotopic (exact) mass is 240 g/mol. The fourth-order valence-corrected chi connectivity index (χ4v) is 2.49. The maximum Gasteiger partial charge on any atom is 0.00914 e. The van der Waals surface area contributed by atoms with Crippen LogP contribution in [0.15, 0.2) is 0 Å². The Bertz CT molecular complexity index is 197. The van der Waals surface area contributed by atoms with Crippen molar-refractivity contribution in [3.05, 3.63) is 0 Å². The number of hydrogen-bond acceptors (Lipinski definition) is 2. The van der Waals surface area contributed by atoms with Crippen LogP contribution in [0.2, 0.25) is 0 Å². The van der Waals surface area contributed by atoms with Crippen LogP contribution in [0.1, 0.15) is 53.9 Å². The van der Waals surface area contributed by atoms with E-state index in [1.54, 1.807) is 0 Å². The van der Waals surface area contributed by atoms with Gasteiger partial charge in [0, 0.05) is 12.6 Å². The van der Waals surface area contributed by atoms with Crippen molar-refractivity contribution < 1.29 is 0 Å². The summed E-state index contributed by atoms with van der Waals surface area (Å²) in [5.41, 5.74) is 0.464. The summed E-state index contributed by atoms with van der Waals surface area (Å²) in [6, 6.07) is 0.765. The summed E-state index contributed by atoms with van der Waals surface area (Å²) in [5, 5.41) is 3.73. The lowest BCUT2D eigenvalue weighted by molar-refractivity contribution is 0.178. The SMILES string of the molecule is CC(C)CN1CCC(NCCC(C)(C)C)CC1. The first-order valence-electron chi connectivity index (χ1n) is 7.32. The predicted octanol–water partition coefficient (Wildman–Crippen LogP) is 3.13. The third-order valence-corrected chi connectivity index (χ3v) is 3.52. The molecule has 0 unspecified atom stereocenters. The van der Waals surface area contributed by atoms with E-state index in [1.807, 2.05) is 0 Å². The van der Waals surface area contributed by atoms with Crippen LogP contribution in [0, 0.1) is 11.3 Å². The van der Waals surface area contributed by atoms with Crippen molar-refractivity contribution >= 4 is 0 Å². The van der Waals surface area contributed by atoms with Crippen LogP contribution >= 0.6 is 0 Å². The Morgan fingerprint density at radius 1 is 1.18 bits per heavy atom. The summed E-state index contributed by atoms with van der Waals surface area (Å²) in [4.78, 5) is 2.62. The lowest BCUT2D eigenvalue weighted by atomic mass is 9.92. The van der Waals surface area contributed by atoms with Crippen molar-refractivity contribution in [2.75, 3.05) is 26.2 Å². The molecule has 2 nitrogen and oxygen atoms in total. The van der Waals surface area contributed by atoms with E-state index in [9.17, 15) is 0 Å². The van der Waals surface area contributed by atoms with Gasteiger partial charge in [0.1, 0.15) is 0 Å². The fraction of sp³-hybridized carbons (Fsp3) is 1.00. The van der Waals surface area contributed by atoms with Gasteiger partial charge in [0.25, 0.3) is 0 Å². The van der Waals surface area contributed by atoms with E-state index in [4.69, 9.17) is 0 Å². The lowest BCUT2D eigenvalue weighted by Gasteiger charge is -2.34. The lowest BCUT2D eigenvalue weighted by Crippen LogP contribution is -2.44. The van der Waals surface area contributed by atoms with Crippen molar-refractivity contribution in [1.82, 2.24) is 10.2 Å². The molecule has 102 valence electrons. The molecule has 0 aromatic heterocycles. The molecule has 0 bridgehead atoms. The molecule has 1 aliphatic heterocycles. The van der Waals surface area contributed by atoms with E-state index in [2.05, 4.69) is 44.8 Å². The highest BCUT2D eigenvalue weighted by molar-refractivity contribution is 4.78. The summed E-state index contributed by atoms with van der Waals surface area (Å²) in [5.74, 6) is 0.806. The van der Waals surface area contributed by atoms with E-state index in [-0.39, 0.29) is 0 Å². The highest BCUT2D eigenvalue weighted by atomic mass is 15.1. The van der Waals surface area contributed by atoms with E-state index >= 15 is 0 Å². The molecular formula is C15H32N2. The van der Waals surface area contributed by atoms with Gasteiger partial charge in [-0.2, -0.15) is 0 Å². The van der Waals surface area contributed by atoms with Crippen LogP contribution in [-0.4, -0.2) is 37.1 Å². The van der Waals surface area contributed by atoms with Gasteiger partial charge in [-0.05, 0) is 50.2 Å². The molecule has 1 rings (SSSR count). The van der Waals surface area contributed by atoms with Crippen molar-refractivity contribution in [3.63, 3.8) is 0 Å². The van der Waals surface area contributed by atoms with E-state index < -0.39 is 0 Å². The summed E-state index contributed by atoms with van der Waals surface area (Å²) >= 11 is 0. The van der Waals surface area contributed by atoms with Crippen LogP contribution in [-0.2, 0) is 0 Å². The minimum absolute atomic E-state index is 0.464. The van der Waals surface area contributed by atoms with Gasteiger partial charge >= 0.3 is 0 Å². The van der Waals surface area contributed by atoms with E-state index in [0.29, 0.717) is 5.41 Å². The smallest absolute Gasteiger partial charge is 0.00914 e. The number of piperidine rings is 1. The number of rotatable bonds is 5. The Morgan fingerprint density at radius 2 is 1.76 bits per heavy atom. The Labute approximate surface area is 108 Å². The molecule has 0 saturated carbocycles. The largest absolute Gasteiger partial charge is 0.314 e. The Hall–Kier alpha value is -0.0800. The molecule has 0 spiro atoms. The Morgan fingerprint density at radius 3 is 2.24 bits per heavy atom. The van der Waals surface area contributed by atoms with Crippen LogP contribution in [0.3, 0.4) is 0 Å². The zero-order chi connectivity index (χ0) is 12.9. The van der Waals surface area contributed by atoms with Gasteiger partial charge in [-0.25, -0.2) is 0 Å². The number of hydrogen-bond donors (Lipinski definition) is 1. The number of likely N-dealkylation sites (tertiary alicyclic amines) is 1. The van der Waals surface area contributed by atoms with Crippen molar-refractivity contribution in [2.45, 2.75) is 59.9 Å². The summed E-state index contributed by atoms with van der Waals surface area (Å²) < 4.78 is 0. The number of nitrogens with zero attached hydrogens (tertiary/aromatic N) is 1. The molecule has 2 heteroatoms. The molecule has 0 aromatic rings. The van der Waals surface area contributed by atoms with Crippen LogP contribution in [0.5, 0.6) is 0 Å². The molecule has 17 heavy (non-hydrogen) atoms. The van der Waals surface area contributed by atoms with Gasteiger partial charge in [0.2, 0.25) is 0 Å². The molecule has 0 atom stereocenters. The second-order valence-electron chi connectivity index (χ2n) is 7.23. The summed E-state index contributed by atoms with van der Waals surface area (Å²) in [6.45, 7) is 16.6. The molecule has 0 aliphatic carbocycles. The molecule has 1 aliphatic rings. The molecule has 0 aromatic carbocycles. The molecule has 1 fully saturated rings. The summed E-state index contributed by atoms with van der Waals surface area (Å²) in [6.07, 6.45) is 3.94. The maximum atomic E-state index is 3.73. The standard InChI is InChI=1S/C15H32N2/c1-13(2)12-17-10-6-14(7-11-17)16-9-8-15(3,4)5/h13-14,16H,6-12H2,1-5H3. The fourth-order valence-electron chi connectivity index (χ4n) is 2.49. The normalized spacial score (nSPS) is 20.1. The second kappa shape index (κ2) is 6.75. The van der Waals surface area contributed by atoms with Gasteiger partial charge < -0.3 is 10.2 Å². The van der Waals surface area contributed by atoms with Crippen LogP contribution in [0.4, 0.5) is 0 Å². The first kappa shape index (κ1) is 15.0. The van der Waals surface area contributed by atoms with Gasteiger partial charge in [-0.15, -0.1) is 0 Å². The van der Waals surface area contributed by atoms with Crippen LogP contribution < -0.4 is 5.32 Å². The first-order valence-corrected chi connectivity index (χ1v) is 7.32. The molecular weight excluding hydrogens is 208 g/mol. The van der Waals surface area contributed by atoms with Gasteiger partial charge in [0.05, 0.1) is 0 Å². The zero-order valence-electron chi connectivity index (χ0n) is 12.6. The third-order valence-electron chi connectivity index (χ3n) is 3.52. The maximum absolute atomic E-state index is 3.73. The van der Waals surface area contributed by atoms with E-state index in [0.717, 1.165) is 12.0 Å². The van der Waals surface area contributed by atoms with Crippen LogP contribution in [0.25, 0.3) is 0 Å². The molecule has 1 N–H and O–H groups in total. The molecule has 1 saturated heterocycles.